The molecule has 146 valence electrons. The number of nitrogens with zero attached hydrogens (tertiary/aromatic N) is 4. The Kier molecular flexibility index (Phi) is 6.14. The molecule has 7 nitrogen and oxygen atoms in total. The van der Waals surface area contributed by atoms with Gasteiger partial charge >= 0.3 is 0 Å². The number of piperazine rings is 1. The largest absolute Gasteiger partial charge is 0.339 e. The van der Waals surface area contributed by atoms with E-state index in [0.717, 1.165) is 31.7 Å². The summed E-state index contributed by atoms with van der Waals surface area (Å²) >= 11 is 0. The molecule has 1 amide bonds. The number of likely N-dealkylation sites (N-methyl/N-ethyl adjacent to an activating group) is 1. The predicted octanol–water partition coefficient (Wildman–Crippen LogP) is 2.15. The molecule has 2 fully saturated rings. The van der Waals surface area contributed by atoms with Gasteiger partial charge in [0.15, 0.2) is 5.82 Å². The van der Waals surface area contributed by atoms with Crippen LogP contribution in [-0.4, -0.2) is 54.2 Å². The number of carbonyl (C=O) groups excluding carboxylic acids is 1. The van der Waals surface area contributed by atoms with E-state index in [2.05, 4.69) is 46.5 Å². The summed E-state index contributed by atoms with van der Waals surface area (Å²) in [7, 11) is 2.07. The molecule has 4 rings (SSSR count). The highest BCUT2D eigenvalue weighted by molar-refractivity contribution is 5.96. The maximum absolute atomic E-state index is 12.5. The Labute approximate surface area is 165 Å². The molecule has 3 heterocycles. The summed E-state index contributed by atoms with van der Waals surface area (Å²) in [5, 5.41) is 7.54. The number of anilines is 1. The van der Waals surface area contributed by atoms with E-state index in [9.17, 15) is 4.79 Å². The number of hydrogen-bond acceptors (Lipinski definition) is 6. The minimum Gasteiger partial charge on any atom is -0.339 e. The van der Waals surface area contributed by atoms with Gasteiger partial charge < -0.3 is 14.7 Å². The Morgan fingerprint density at radius 1 is 1.30 bits per heavy atom. The average molecular weight is 392 g/mol. The highest BCUT2D eigenvalue weighted by atomic mass is 35.5. The second kappa shape index (κ2) is 8.37. The summed E-state index contributed by atoms with van der Waals surface area (Å²) in [5.41, 5.74) is 2.20. The molecule has 0 radical (unpaired) electrons. The van der Waals surface area contributed by atoms with Gasteiger partial charge in [0.2, 0.25) is 11.8 Å². The lowest BCUT2D eigenvalue weighted by Gasteiger charge is -2.30. The maximum Gasteiger partial charge on any atom is 0.232 e. The average Bonchev–Trinajstić information content (AvgIpc) is 3.29. The van der Waals surface area contributed by atoms with Crippen molar-refractivity contribution in [2.75, 3.05) is 38.1 Å². The van der Waals surface area contributed by atoms with Crippen molar-refractivity contribution in [1.29, 1.82) is 0 Å². The zero-order valence-corrected chi connectivity index (χ0v) is 16.5. The summed E-state index contributed by atoms with van der Waals surface area (Å²) in [4.78, 5) is 21.2. The summed E-state index contributed by atoms with van der Waals surface area (Å²) < 4.78 is 5.52. The number of aromatic nitrogens is 2. The molecule has 2 saturated heterocycles. The van der Waals surface area contributed by atoms with E-state index in [0.29, 0.717) is 24.7 Å². The van der Waals surface area contributed by atoms with Crippen molar-refractivity contribution < 1.29 is 9.32 Å². The molecule has 1 aromatic heterocycles. The first kappa shape index (κ1) is 19.8. The van der Waals surface area contributed by atoms with Gasteiger partial charge in [-0.25, -0.2) is 0 Å². The fraction of sp³-hybridized carbons (Fsp3) is 0.526. The van der Waals surface area contributed by atoms with Gasteiger partial charge in [0.25, 0.3) is 0 Å². The van der Waals surface area contributed by atoms with Gasteiger partial charge in [0.1, 0.15) is 0 Å². The molecule has 1 aromatic carbocycles. The smallest absolute Gasteiger partial charge is 0.232 e. The maximum atomic E-state index is 12.5. The lowest BCUT2D eigenvalue weighted by atomic mass is 10.1. The van der Waals surface area contributed by atoms with Crippen LogP contribution in [0.2, 0.25) is 0 Å². The van der Waals surface area contributed by atoms with Crippen LogP contribution < -0.4 is 10.2 Å². The minimum absolute atomic E-state index is 0. The molecule has 0 bridgehead atoms. The second-order valence-electron chi connectivity index (χ2n) is 7.12. The Bertz CT molecular complexity index is 779. The molecule has 0 spiro atoms. The van der Waals surface area contributed by atoms with E-state index in [1.54, 1.807) is 0 Å². The number of carbonyl (C=O) groups is 1. The molecule has 2 atom stereocenters. The minimum atomic E-state index is -0.0449. The lowest BCUT2D eigenvalue weighted by Crippen LogP contribution is -2.44. The Balaban J connectivity index is 0.00000210. The van der Waals surface area contributed by atoms with Crippen LogP contribution in [0.4, 0.5) is 5.69 Å². The highest BCUT2D eigenvalue weighted by Crippen LogP contribution is 2.32. The van der Waals surface area contributed by atoms with Crippen molar-refractivity contribution >= 4 is 24.0 Å². The molecule has 2 aliphatic heterocycles. The Morgan fingerprint density at radius 3 is 2.78 bits per heavy atom. The summed E-state index contributed by atoms with van der Waals surface area (Å²) in [6, 6.07) is 8.30. The number of hydrogen-bond donors (Lipinski definition) is 1. The van der Waals surface area contributed by atoms with E-state index in [4.69, 9.17) is 4.52 Å². The van der Waals surface area contributed by atoms with Crippen LogP contribution in [0.3, 0.4) is 0 Å². The van der Waals surface area contributed by atoms with E-state index < -0.39 is 0 Å². The Hall–Kier alpha value is -1.96. The van der Waals surface area contributed by atoms with E-state index in [1.807, 2.05) is 17.0 Å². The molecule has 0 aliphatic carbocycles. The van der Waals surface area contributed by atoms with Crippen molar-refractivity contribution in [3.8, 4) is 0 Å². The van der Waals surface area contributed by atoms with Crippen LogP contribution in [0.25, 0.3) is 0 Å². The zero-order valence-electron chi connectivity index (χ0n) is 15.7. The third-order valence-electron chi connectivity index (χ3n) is 5.40. The third kappa shape index (κ3) is 4.00. The number of benzene rings is 1. The van der Waals surface area contributed by atoms with E-state index in [1.165, 1.54) is 5.56 Å². The molecule has 2 aliphatic rings. The van der Waals surface area contributed by atoms with Crippen molar-refractivity contribution in [3.63, 3.8) is 0 Å². The normalized spacial score (nSPS) is 23.5. The van der Waals surface area contributed by atoms with Crippen molar-refractivity contribution in [2.45, 2.75) is 31.7 Å². The SMILES string of the molecule is CCc1ccc(N2CC(c3nc(C4CNCCN4C)no3)CC2=O)cc1.Cl. The van der Waals surface area contributed by atoms with Gasteiger partial charge in [-0.3, -0.25) is 9.69 Å². The van der Waals surface area contributed by atoms with Crippen LogP contribution >= 0.6 is 12.4 Å². The van der Waals surface area contributed by atoms with Crippen LogP contribution in [0.15, 0.2) is 28.8 Å². The van der Waals surface area contributed by atoms with Crippen molar-refractivity contribution in [3.05, 3.63) is 41.5 Å². The van der Waals surface area contributed by atoms with Crippen LogP contribution in [0.1, 0.15) is 42.6 Å². The lowest BCUT2D eigenvalue weighted by molar-refractivity contribution is -0.117. The van der Waals surface area contributed by atoms with Crippen LogP contribution in [0, 0.1) is 0 Å². The molecular weight excluding hydrogens is 366 g/mol. The molecule has 8 heteroatoms. The summed E-state index contributed by atoms with van der Waals surface area (Å²) in [6.45, 7) is 5.46. The number of aryl methyl sites for hydroxylation is 1. The van der Waals surface area contributed by atoms with Gasteiger partial charge in [-0.1, -0.05) is 24.2 Å². The van der Waals surface area contributed by atoms with Gasteiger partial charge in [-0.2, -0.15) is 4.98 Å². The standard InChI is InChI=1S/C19H25N5O2.ClH/c1-3-13-4-6-15(7-5-13)24-12-14(10-17(24)25)19-21-18(22-26-19)16-11-20-8-9-23(16)2;/h4-7,14,16,20H,3,8-12H2,1-2H3;1H. The summed E-state index contributed by atoms with van der Waals surface area (Å²) in [5.74, 6) is 1.33. The highest BCUT2D eigenvalue weighted by Gasteiger charge is 2.36. The van der Waals surface area contributed by atoms with Crippen LogP contribution in [0.5, 0.6) is 0 Å². The number of halogens is 1. The molecule has 2 aromatic rings. The molecular formula is C19H26ClN5O2. The number of nitrogens with one attached hydrogen (secondary N) is 1. The molecule has 0 saturated carbocycles. The topological polar surface area (TPSA) is 74.5 Å². The second-order valence-corrected chi connectivity index (χ2v) is 7.12. The Morgan fingerprint density at radius 2 is 2.07 bits per heavy atom. The van der Waals surface area contributed by atoms with E-state index >= 15 is 0 Å². The number of rotatable bonds is 4. The van der Waals surface area contributed by atoms with Gasteiger partial charge in [-0.15, -0.1) is 12.4 Å². The monoisotopic (exact) mass is 391 g/mol. The summed E-state index contributed by atoms with van der Waals surface area (Å²) in [6.07, 6.45) is 1.40. The first-order valence-corrected chi connectivity index (χ1v) is 9.29. The quantitative estimate of drug-likeness (QED) is 0.860. The predicted molar refractivity (Wildman–Crippen MR) is 105 cm³/mol. The zero-order chi connectivity index (χ0) is 18.1. The fourth-order valence-corrected chi connectivity index (χ4v) is 3.68. The first-order valence-electron chi connectivity index (χ1n) is 9.29. The third-order valence-corrected chi connectivity index (χ3v) is 5.40. The van der Waals surface area contributed by atoms with E-state index in [-0.39, 0.29) is 30.3 Å². The van der Waals surface area contributed by atoms with Gasteiger partial charge in [0.05, 0.1) is 12.0 Å². The molecule has 1 N–H and O–H groups in total. The number of amides is 1. The van der Waals surface area contributed by atoms with Gasteiger partial charge in [0, 0.05) is 38.3 Å². The fourth-order valence-electron chi connectivity index (χ4n) is 3.68. The molecule has 2 unspecified atom stereocenters. The first-order chi connectivity index (χ1) is 12.7. The van der Waals surface area contributed by atoms with Crippen LogP contribution in [-0.2, 0) is 11.2 Å². The van der Waals surface area contributed by atoms with Crippen molar-refractivity contribution in [1.82, 2.24) is 20.4 Å². The van der Waals surface area contributed by atoms with Gasteiger partial charge in [-0.05, 0) is 31.2 Å². The molecule has 27 heavy (non-hydrogen) atoms. The van der Waals surface area contributed by atoms with Crippen molar-refractivity contribution in [2.24, 2.45) is 0 Å².